The predicted octanol–water partition coefficient (Wildman–Crippen LogP) is 1.80. The van der Waals surface area contributed by atoms with Crippen LogP contribution in [0.3, 0.4) is 0 Å². The van der Waals surface area contributed by atoms with Crippen molar-refractivity contribution in [2.75, 3.05) is 18.5 Å². The zero-order chi connectivity index (χ0) is 12.3. The summed E-state index contributed by atoms with van der Waals surface area (Å²) in [5.74, 6) is 0.188. The average molecular weight is 256 g/mol. The third kappa shape index (κ3) is 3.38. The first-order chi connectivity index (χ1) is 8.15. The summed E-state index contributed by atoms with van der Waals surface area (Å²) in [5.41, 5.74) is 0.729. The van der Waals surface area contributed by atoms with Crippen LogP contribution in [0.1, 0.15) is 18.5 Å². The summed E-state index contributed by atoms with van der Waals surface area (Å²) in [4.78, 5) is 20.0. The Balaban J connectivity index is 2.01. The molecule has 0 spiro atoms. The zero-order valence-corrected chi connectivity index (χ0v) is 10.3. The van der Waals surface area contributed by atoms with Crippen LogP contribution in [0, 0.1) is 12.8 Å². The van der Waals surface area contributed by atoms with Gasteiger partial charge < -0.3 is 4.74 Å². The second-order valence-electron chi connectivity index (χ2n) is 4.03. The third-order valence-corrected chi connectivity index (χ3v) is 2.84. The van der Waals surface area contributed by atoms with Crippen LogP contribution in [0.4, 0.5) is 5.95 Å². The molecule has 1 aromatic heterocycles. The lowest BCUT2D eigenvalue weighted by Gasteiger charge is -2.20. The number of carbonyl (C=O) groups excluding carboxylic acids is 1. The Hall–Kier alpha value is -1.20. The van der Waals surface area contributed by atoms with Crippen LogP contribution in [-0.4, -0.2) is 29.1 Å². The molecule has 1 aromatic rings. The van der Waals surface area contributed by atoms with E-state index in [4.69, 9.17) is 16.3 Å². The fraction of sp³-hybridized carbons (Fsp3) is 0.545. The van der Waals surface area contributed by atoms with Gasteiger partial charge in [-0.15, -0.1) is 0 Å². The van der Waals surface area contributed by atoms with Crippen molar-refractivity contribution in [2.24, 2.45) is 5.92 Å². The molecular weight excluding hydrogens is 242 g/mol. The molecule has 0 unspecified atom stereocenters. The summed E-state index contributed by atoms with van der Waals surface area (Å²) < 4.78 is 5.21. The lowest BCUT2D eigenvalue weighted by atomic mass is 10.00. The van der Waals surface area contributed by atoms with Gasteiger partial charge in [0, 0.05) is 24.8 Å². The lowest BCUT2D eigenvalue weighted by molar-refractivity contribution is -0.122. The van der Waals surface area contributed by atoms with Crippen LogP contribution in [0.25, 0.3) is 0 Å². The first-order valence-corrected chi connectivity index (χ1v) is 5.93. The van der Waals surface area contributed by atoms with Crippen molar-refractivity contribution < 1.29 is 9.53 Å². The largest absolute Gasteiger partial charge is 0.381 e. The molecule has 2 rings (SSSR count). The van der Waals surface area contributed by atoms with E-state index < -0.39 is 0 Å². The Bertz CT molecular complexity index is 399. The summed E-state index contributed by atoms with van der Waals surface area (Å²) in [5, 5.41) is 3.03. The molecule has 0 saturated carbocycles. The van der Waals surface area contributed by atoms with Gasteiger partial charge in [-0.2, -0.15) is 0 Å². The van der Waals surface area contributed by atoms with E-state index in [9.17, 15) is 4.79 Å². The SMILES string of the molecule is Cc1cc(Cl)nc(NC(=O)C2CCOCC2)n1. The van der Waals surface area contributed by atoms with Gasteiger partial charge in [0.2, 0.25) is 11.9 Å². The average Bonchev–Trinajstić information content (AvgIpc) is 2.28. The number of nitrogens with one attached hydrogen (secondary N) is 1. The number of ether oxygens (including phenoxy) is 1. The Labute approximate surface area is 105 Å². The van der Waals surface area contributed by atoms with Crippen LogP contribution >= 0.6 is 11.6 Å². The van der Waals surface area contributed by atoms with E-state index in [1.165, 1.54) is 0 Å². The number of aromatic nitrogens is 2. The van der Waals surface area contributed by atoms with E-state index in [0.29, 0.717) is 18.4 Å². The number of amides is 1. The van der Waals surface area contributed by atoms with E-state index in [2.05, 4.69) is 15.3 Å². The minimum Gasteiger partial charge on any atom is -0.381 e. The van der Waals surface area contributed by atoms with Gasteiger partial charge in [0.1, 0.15) is 5.15 Å². The van der Waals surface area contributed by atoms with Gasteiger partial charge >= 0.3 is 0 Å². The molecule has 5 nitrogen and oxygen atoms in total. The monoisotopic (exact) mass is 255 g/mol. The van der Waals surface area contributed by atoms with Crippen LogP contribution in [0.15, 0.2) is 6.07 Å². The van der Waals surface area contributed by atoms with E-state index in [1.807, 2.05) is 0 Å². The molecule has 17 heavy (non-hydrogen) atoms. The molecule has 92 valence electrons. The Morgan fingerprint density at radius 1 is 1.47 bits per heavy atom. The quantitative estimate of drug-likeness (QED) is 0.819. The second kappa shape index (κ2) is 5.42. The number of aryl methyl sites for hydroxylation is 1. The van der Waals surface area contributed by atoms with Crippen molar-refractivity contribution in [1.82, 2.24) is 9.97 Å². The van der Waals surface area contributed by atoms with Gasteiger partial charge in [-0.3, -0.25) is 10.1 Å². The van der Waals surface area contributed by atoms with Crippen molar-refractivity contribution in [1.29, 1.82) is 0 Å². The molecule has 0 bridgehead atoms. The Kier molecular flexibility index (Phi) is 3.91. The summed E-state index contributed by atoms with van der Waals surface area (Å²) in [6.07, 6.45) is 1.48. The first kappa shape index (κ1) is 12.3. The van der Waals surface area contributed by atoms with E-state index in [1.54, 1.807) is 13.0 Å². The molecular formula is C11H14ClN3O2. The highest BCUT2D eigenvalue weighted by molar-refractivity contribution is 6.29. The fourth-order valence-corrected chi connectivity index (χ4v) is 2.00. The molecule has 1 aliphatic rings. The van der Waals surface area contributed by atoms with Crippen LogP contribution in [0.2, 0.25) is 5.15 Å². The van der Waals surface area contributed by atoms with Gasteiger partial charge in [0.15, 0.2) is 0 Å². The van der Waals surface area contributed by atoms with Gasteiger partial charge in [-0.1, -0.05) is 11.6 Å². The van der Waals surface area contributed by atoms with E-state index in [-0.39, 0.29) is 17.8 Å². The van der Waals surface area contributed by atoms with E-state index >= 15 is 0 Å². The van der Waals surface area contributed by atoms with Crippen molar-refractivity contribution in [3.05, 3.63) is 16.9 Å². The van der Waals surface area contributed by atoms with Crippen LogP contribution in [0.5, 0.6) is 0 Å². The normalized spacial score (nSPS) is 16.8. The highest BCUT2D eigenvalue weighted by Gasteiger charge is 2.22. The van der Waals surface area contributed by atoms with Crippen molar-refractivity contribution in [3.8, 4) is 0 Å². The summed E-state index contributed by atoms with van der Waals surface area (Å²) >= 11 is 5.80. The molecule has 0 aromatic carbocycles. The molecule has 0 radical (unpaired) electrons. The molecule has 0 aliphatic carbocycles. The maximum atomic E-state index is 11.9. The standard InChI is InChI=1S/C11H14ClN3O2/c1-7-6-9(12)14-11(13-7)15-10(16)8-2-4-17-5-3-8/h6,8H,2-5H2,1H3,(H,13,14,15,16). The molecule has 6 heteroatoms. The molecule has 1 saturated heterocycles. The molecule has 2 heterocycles. The molecule has 0 atom stereocenters. The molecule has 1 amide bonds. The summed E-state index contributed by atoms with van der Waals surface area (Å²) in [7, 11) is 0. The maximum absolute atomic E-state index is 11.9. The van der Waals surface area contributed by atoms with Crippen molar-refractivity contribution in [2.45, 2.75) is 19.8 Å². The third-order valence-electron chi connectivity index (χ3n) is 2.65. The number of halogens is 1. The lowest BCUT2D eigenvalue weighted by Crippen LogP contribution is -2.29. The number of rotatable bonds is 2. The number of hydrogen-bond acceptors (Lipinski definition) is 4. The topological polar surface area (TPSA) is 64.1 Å². The van der Waals surface area contributed by atoms with Crippen LogP contribution < -0.4 is 5.32 Å². The number of nitrogens with zero attached hydrogens (tertiary/aromatic N) is 2. The second-order valence-corrected chi connectivity index (χ2v) is 4.42. The molecule has 1 fully saturated rings. The van der Waals surface area contributed by atoms with Gasteiger partial charge in [0.25, 0.3) is 0 Å². The molecule has 1 N–H and O–H groups in total. The minimum atomic E-state index is -0.0602. The summed E-state index contributed by atoms with van der Waals surface area (Å²) in [6, 6.07) is 1.64. The predicted molar refractivity (Wildman–Crippen MR) is 64.0 cm³/mol. The highest BCUT2D eigenvalue weighted by Crippen LogP contribution is 2.17. The zero-order valence-electron chi connectivity index (χ0n) is 9.57. The maximum Gasteiger partial charge on any atom is 0.231 e. The minimum absolute atomic E-state index is 0.0216. The van der Waals surface area contributed by atoms with Gasteiger partial charge in [-0.05, 0) is 25.8 Å². The van der Waals surface area contributed by atoms with Crippen molar-refractivity contribution in [3.63, 3.8) is 0 Å². The van der Waals surface area contributed by atoms with E-state index in [0.717, 1.165) is 18.5 Å². The van der Waals surface area contributed by atoms with Crippen LogP contribution in [-0.2, 0) is 9.53 Å². The fourth-order valence-electron chi connectivity index (χ4n) is 1.76. The smallest absolute Gasteiger partial charge is 0.231 e. The van der Waals surface area contributed by atoms with Crippen molar-refractivity contribution >= 4 is 23.5 Å². The summed E-state index contributed by atoms with van der Waals surface area (Å²) in [6.45, 7) is 3.07. The van der Waals surface area contributed by atoms with Gasteiger partial charge in [0.05, 0.1) is 0 Å². The first-order valence-electron chi connectivity index (χ1n) is 5.55. The number of carbonyl (C=O) groups is 1. The molecule has 1 aliphatic heterocycles. The number of anilines is 1. The van der Waals surface area contributed by atoms with Gasteiger partial charge in [-0.25, -0.2) is 9.97 Å². The number of hydrogen-bond donors (Lipinski definition) is 1. The highest BCUT2D eigenvalue weighted by atomic mass is 35.5. The Morgan fingerprint density at radius 2 is 2.18 bits per heavy atom. The Morgan fingerprint density at radius 3 is 2.82 bits per heavy atom.